The van der Waals surface area contributed by atoms with Gasteiger partial charge in [0.2, 0.25) is 0 Å². The number of esters is 1. The van der Waals surface area contributed by atoms with Crippen molar-refractivity contribution in [3.8, 4) is 11.8 Å². The summed E-state index contributed by atoms with van der Waals surface area (Å²) in [6.07, 6.45) is -2.27. The number of carbonyl (C=O) groups excluding carboxylic acids is 1. The molecule has 12 nitrogen and oxygen atoms in total. The monoisotopic (exact) mass is 480 g/mol. The van der Waals surface area contributed by atoms with Crippen molar-refractivity contribution in [2.45, 2.75) is 31.8 Å². The molecular formula is C20H21N2O10P. The van der Waals surface area contributed by atoms with Crippen LogP contribution < -0.4 is 11.2 Å². The molecule has 1 aliphatic rings. The lowest BCUT2D eigenvalue weighted by Crippen LogP contribution is -2.33. The van der Waals surface area contributed by atoms with Crippen molar-refractivity contribution in [2.75, 3.05) is 13.2 Å². The lowest BCUT2D eigenvalue weighted by Gasteiger charge is -2.16. The molecule has 13 heteroatoms. The Labute approximate surface area is 187 Å². The zero-order valence-electron chi connectivity index (χ0n) is 17.3. The van der Waals surface area contributed by atoms with E-state index in [2.05, 4.69) is 21.3 Å². The Morgan fingerprint density at radius 1 is 1.30 bits per heavy atom. The normalized spacial score (nSPS) is 20.2. The molecule has 0 spiro atoms. The van der Waals surface area contributed by atoms with E-state index in [4.69, 9.17) is 19.3 Å². The molecule has 0 radical (unpaired) electrons. The predicted octanol–water partition coefficient (Wildman–Crippen LogP) is -0.189. The van der Waals surface area contributed by atoms with Crippen molar-refractivity contribution >= 4 is 13.8 Å². The maximum absolute atomic E-state index is 12.2. The van der Waals surface area contributed by atoms with Gasteiger partial charge in [0, 0.05) is 12.6 Å². The lowest BCUT2D eigenvalue weighted by atomic mass is 10.1. The number of phosphoric ester groups is 1. The number of aliphatic hydroxyl groups excluding tert-OH is 1. The number of aryl methyl sites for hydroxylation is 1. The highest BCUT2D eigenvalue weighted by Crippen LogP contribution is 2.38. The molecule has 0 aliphatic carbocycles. The Kier molecular flexibility index (Phi) is 7.65. The third kappa shape index (κ3) is 6.72. The smallest absolute Gasteiger partial charge is 0.449 e. The van der Waals surface area contributed by atoms with Crippen molar-refractivity contribution in [1.82, 2.24) is 9.55 Å². The fourth-order valence-electron chi connectivity index (χ4n) is 3.00. The third-order valence-electron chi connectivity index (χ3n) is 4.67. The van der Waals surface area contributed by atoms with E-state index in [1.807, 2.05) is 6.92 Å². The number of hydrogen-bond donors (Lipinski definition) is 4. The Balaban J connectivity index is 1.68. The van der Waals surface area contributed by atoms with Gasteiger partial charge in [-0.3, -0.25) is 18.9 Å². The minimum atomic E-state index is -4.77. The van der Waals surface area contributed by atoms with Gasteiger partial charge in [-0.2, -0.15) is 0 Å². The van der Waals surface area contributed by atoms with Crippen LogP contribution in [-0.2, 0) is 18.6 Å². The number of ether oxygens (including phenoxy) is 2. The summed E-state index contributed by atoms with van der Waals surface area (Å²) in [5.74, 6) is 4.45. The molecule has 1 aromatic carbocycles. The molecule has 4 N–H and O–H groups in total. The first kappa shape index (κ1) is 24.6. The molecule has 1 saturated heterocycles. The van der Waals surface area contributed by atoms with Gasteiger partial charge >= 0.3 is 19.5 Å². The minimum Gasteiger partial charge on any atom is -0.449 e. The molecule has 0 unspecified atom stereocenters. The second kappa shape index (κ2) is 10.3. The van der Waals surface area contributed by atoms with E-state index in [9.17, 15) is 24.1 Å². The fourth-order valence-corrected chi connectivity index (χ4v) is 3.34. The van der Waals surface area contributed by atoms with Gasteiger partial charge < -0.3 is 24.4 Å². The van der Waals surface area contributed by atoms with Gasteiger partial charge in [0.05, 0.1) is 18.3 Å². The van der Waals surface area contributed by atoms with Gasteiger partial charge in [-0.1, -0.05) is 29.5 Å². The summed E-state index contributed by atoms with van der Waals surface area (Å²) >= 11 is 0. The van der Waals surface area contributed by atoms with Crippen LogP contribution in [0.4, 0.5) is 0 Å². The summed E-state index contributed by atoms with van der Waals surface area (Å²) in [5, 5.41) is 10.0. The number of aliphatic hydroxyl groups is 1. The number of nitrogens with zero attached hydrogens (tertiary/aromatic N) is 1. The summed E-state index contributed by atoms with van der Waals surface area (Å²) < 4.78 is 26.7. The van der Waals surface area contributed by atoms with Gasteiger partial charge in [-0.25, -0.2) is 14.2 Å². The molecule has 33 heavy (non-hydrogen) atoms. The molecule has 1 aromatic heterocycles. The van der Waals surface area contributed by atoms with Gasteiger partial charge in [0.1, 0.15) is 17.9 Å². The fraction of sp³-hybridized carbons (Fsp3) is 0.350. The Hall–Kier alpha value is -3.04. The highest BCUT2D eigenvalue weighted by atomic mass is 31.2. The third-order valence-corrected chi connectivity index (χ3v) is 5.16. The second-order valence-corrected chi connectivity index (χ2v) is 8.41. The second-order valence-electron chi connectivity index (χ2n) is 7.17. The molecule has 0 amide bonds. The van der Waals surface area contributed by atoms with Crippen LogP contribution in [0.5, 0.6) is 0 Å². The number of phosphoric acid groups is 1. The van der Waals surface area contributed by atoms with Gasteiger partial charge in [-0.05, 0) is 19.1 Å². The lowest BCUT2D eigenvalue weighted by molar-refractivity contribution is -0.0451. The Morgan fingerprint density at radius 2 is 2.00 bits per heavy atom. The first-order valence-electron chi connectivity index (χ1n) is 9.65. The number of benzene rings is 1. The van der Waals surface area contributed by atoms with Gasteiger partial charge in [0.15, 0.2) is 6.61 Å². The quantitative estimate of drug-likeness (QED) is 0.246. The molecule has 176 valence electrons. The van der Waals surface area contributed by atoms with E-state index in [0.29, 0.717) is 5.56 Å². The van der Waals surface area contributed by atoms with Crippen LogP contribution in [0.15, 0.2) is 40.1 Å². The zero-order chi connectivity index (χ0) is 24.2. The summed E-state index contributed by atoms with van der Waals surface area (Å²) in [6.45, 7) is 0.982. The Morgan fingerprint density at radius 3 is 2.67 bits per heavy atom. The summed E-state index contributed by atoms with van der Waals surface area (Å²) in [5.41, 5.74) is -0.379. The largest absolute Gasteiger partial charge is 0.469 e. The van der Waals surface area contributed by atoms with Crippen molar-refractivity contribution in [3.63, 3.8) is 0 Å². The van der Waals surface area contributed by atoms with Gasteiger partial charge in [-0.15, -0.1) is 0 Å². The summed E-state index contributed by atoms with van der Waals surface area (Å²) in [7, 11) is -4.77. The average molecular weight is 480 g/mol. The standard InChI is InChI=1S/C20H21N2O10P/c1-12-4-6-13(7-5-12)19(25)30-8-2-3-14-10-22(20(26)21-18(14)24)17-9-15(23)16(32-17)11-31-33(27,28)29/h4-7,10,15-17,23H,8-9,11H2,1H3,(H,21,24,26)(H2,27,28,29)/t15-,16+,17+/m0/s1. The van der Waals surface area contributed by atoms with Gasteiger partial charge in [0.25, 0.3) is 5.56 Å². The maximum Gasteiger partial charge on any atom is 0.469 e. The number of carbonyl (C=O) groups is 1. The molecule has 3 atom stereocenters. The SMILES string of the molecule is Cc1ccc(C(=O)OCC#Cc2cn([C@H]3C[C@H](O)[C@@H](COP(=O)(O)O)O3)c(=O)[nH]c2=O)cc1. The van der Waals surface area contributed by atoms with Crippen LogP contribution >= 0.6 is 7.82 Å². The Bertz CT molecular complexity index is 1230. The first-order chi connectivity index (χ1) is 15.5. The highest BCUT2D eigenvalue weighted by molar-refractivity contribution is 7.46. The van der Waals surface area contributed by atoms with Crippen LogP contribution in [0.25, 0.3) is 0 Å². The van der Waals surface area contributed by atoms with E-state index >= 15 is 0 Å². The topological polar surface area (TPSA) is 177 Å². The molecule has 2 heterocycles. The number of aromatic nitrogens is 2. The molecular weight excluding hydrogens is 459 g/mol. The van der Waals surface area contributed by atoms with E-state index in [-0.39, 0.29) is 18.6 Å². The number of H-pyrrole nitrogens is 1. The van der Waals surface area contributed by atoms with Crippen molar-refractivity contribution in [1.29, 1.82) is 0 Å². The van der Waals surface area contributed by atoms with Crippen LogP contribution in [0.1, 0.15) is 34.1 Å². The molecule has 0 bridgehead atoms. The molecule has 1 aliphatic heterocycles. The van der Waals surface area contributed by atoms with Crippen LogP contribution in [-0.4, -0.2) is 55.8 Å². The van der Waals surface area contributed by atoms with Crippen molar-refractivity contribution in [3.05, 3.63) is 68.0 Å². The minimum absolute atomic E-state index is 0.0951. The zero-order valence-corrected chi connectivity index (χ0v) is 18.2. The summed E-state index contributed by atoms with van der Waals surface area (Å²) in [4.78, 5) is 55.9. The molecule has 0 saturated carbocycles. The van der Waals surface area contributed by atoms with E-state index in [1.165, 1.54) is 0 Å². The molecule has 3 rings (SSSR count). The van der Waals surface area contributed by atoms with Crippen LogP contribution in [0, 0.1) is 18.8 Å². The van der Waals surface area contributed by atoms with E-state index in [1.54, 1.807) is 24.3 Å². The highest BCUT2D eigenvalue weighted by Gasteiger charge is 2.37. The predicted molar refractivity (Wildman–Crippen MR) is 112 cm³/mol. The number of nitrogens with one attached hydrogen (secondary N) is 1. The number of aromatic amines is 1. The maximum atomic E-state index is 12.2. The van der Waals surface area contributed by atoms with Crippen molar-refractivity contribution < 1.29 is 38.3 Å². The number of hydrogen-bond acceptors (Lipinski definition) is 8. The van der Waals surface area contributed by atoms with Crippen LogP contribution in [0.3, 0.4) is 0 Å². The number of rotatable bonds is 6. The van der Waals surface area contributed by atoms with Crippen LogP contribution in [0.2, 0.25) is 0 Å². The van der Waals surface area contributed by atoms with E-state index in [0.717, 1.165) is 16.3 Å². The van der Waals surface area contributed by atoms with Crippen molar-refractivity contribution in [2.24, 2.45) is 0 Å². The first-order valence-corrected chi connectivity index (χ1v) is 11.2. The molecule has 2 aromatic rings. The summed E-state index contributed by atoms with van der Waals surface area (Å²) in [6, 6.07) is 6.74. The van der Waals surface area contributed by atoms with E-state index < -0.39 is 50.1 Å². The average Bonchev–Trinajstić information content (AvgIpc) is 3.11. The molecule has 1 fully saturated rings.